The maximum Gasteiger partial charge on any atom is 0.317 e. The standard InChI is InChI=1S/C21H31N3O4/c1-4-16-12-24(21(26)23-14(2)3)8-7-17(16)10-20(25)22-11-15-5-6-18-19(9-15)28-13-27-18/h5-6,9,14,16-17H,4,7-8,10-13H2,1-3H3,(H,22,25)(H,23,26)/t16-,17-/m0/s1. The Labute approximate surface area is 166 Å². The first-order valence-electron chi connectivity index (χ1n) is 10.2. The number of nitrogens with one attached hydrogen (secondary N) is 2. The van der Waals surface area contributed by atoms with Crippen molar-refractivity contribution < 1.29 is 19.1 Å². The molecular formula is C21H31N3O4. The second-order valence-electron chi connectivity index (χ2n) is 7.94. The van der Waals surface area contributed by atoms with Crippen LogP contribution in [0.5, 0.6) is 11.5 Å². The van der Waals surface area contributed by atoms with Gasteiger partial charge in [-0.1, -0.05) is 19.4 Å². The topological polar surface area (TPSA) is 79.9 Å². The van der Waals surface area contributed by atoms with E-state index in [4.69, 9.17) is 9.47 Å². The lowest BCUT2D eigenvalue weighted by atomic mass is 9.81. The number of carbonyl (C=O) groups is 2. The zero-order valence-corrected chi connectivity index (χ0v) is 17.0. The Morgan fingerprint density at radius 1 is 1.21 bits per heavy atom. The van der Waals surface area contributed by atoms with Gasteiger partial charge in [0.15, 0.2) is 11.5 Å². The molecule has 2 heterocycles. The van der Waals surface area contributed by atoms with Gasteiger partial charge < -0.3 is 25.0 Å². The molecule has 28 heavy (non-hydrogen) atoms. The molecule has 2 aliphatic rings. The van der Waals surface area contributed by atoms with Crippen molar-refractivity contribution >= 4 is 11.9 Å². The van der Waals surface area contributed by atoms with Crippen molar-refractivity contribution in [2.45, 2.75) is 52.6 Å². The van der Waals surface area contributed by atoms with Gasteiger partial charge in [0.05, 0.1) is 0 Å². The fraction of sp³-hybridized carbons (Fsp3) is 0.619. The number of rotatable bonds is 6. The molecule has 0 unspecified atom stereocenters. The van der Waals surface area contributed by atoms with Crippen LogP contribution in [0.4, 0.5) is 4.79 Å². The van der Waals surface area contributed by atoms with Gasteiger partial charge in [-0.05, 0) is 49.8 Å². The zero-order chi connectivity index (χ0) is 20.1. The van der Waals surface area contributed by atoms with Crippen LogP contribution in [0.2, 0.25) is 0 Å². The first-order valence-corrected chi connectivity index (χ1v) is 10.2. The Morgan fingerprint density at radius 2 is 2.00 bits per heavy atom. The number of piperidine rings is 1. The van der Waals surface area contributed by atoms with Gasteiger partial charge >= 0.3 is 6.03 Å². The number of likely N-dealkylation sites (tertiary alicyclic amines) is 1. The van der Waals surface area contributed by atoms with Crippen LogP contribution >= 0.6 is 0 Å². The molecule has 2 aliphatic heterocycles. The van der Waals surface area contributed by atoms with Crippen molar-refractivity contribution in [2.24, 2.45) is 11.8 Å². The minimum atomic E-state index is -0.000778. The van der Waals surface area contributed by atoms with E-state index >= 15 is 0 Å². The Hall–Kier alpha value is -2.44. The first-order chi connectivity index (χ1) is 13.5. The van der Waals surface area contributed by atoms with Gasteiger partial charge in [-0.3, -0.25) is 4.79 Å². The van der Waals surface area contributed by atoms with Crippen molar-refractivity contribution in [3.8, 4) is 11.5 Å². The predicted octanol–water partition coefficient (Wildman–Crippen LogP) is 2.89. The number of urea groups is 1. The highest BCUT2D eigenvalue weighted by atomic mass is 16.7. The third-order valence-corrected chi connectivity index (χ3v) is 5.49. The number of ether oxygens (including phenoxy) is 2. The van der Waals surface area contributed by atoms with Crippen LogP contribution < -0.4 is 20.1 Å². The Balaban J connectivity index is 1.47. The number of fused-ring (bicyclic) bond motifs is 1. The first kappa shape index (κ1) is 20.3. The van der Waals surface area contributed by atoms with E-state index in [0.29, 0.717) is 31.3 Å². The van der Waals surface area contributed by atoms with E-state index in [0.717, 1.165) is 36.4 Å². The molecule has 7 nitrogen and oxygen atoms in total. The summed E-state index contributed by atoms with van der Waals surface area (Å²) in [5.41, 5.74) is 0.991. The summed E-state index contributed by atoms with van der Waals surface area (Å²) in [4.78, 5) is 26.6. The lowest BCUT2D eigenvalue weighted by Crippen LogP contribution is -2.50. The lowest BCUT2D eigenvalue weighted by molar-refractivity contribution is -0.123. The highest BCUT2D eigenvalue weighted by Gasteiger charge is 2.31. The van der Waals surface area contributed by atoms with Gasteiger partial charge in [-0.25, -0.2) is 4.79 Å². The van der Waals surface area contributed by atoms with Gasteiger partial charge in [0, 0.05) is 32.1 Å². The molecule has 1 aromatic rings. The Kier molecular flexibility index (Phi) is 6.65. The lowest BCUT2D eigenvalue weighted by Gasteiger charge is -2.38. The van der Waals surface area contributed by atoms with E-state index in [1.165, 1.54) is 0 Å². The molecule has 0 aromatic heterocycles. The molecule has 2 N–H and O–H groups in total. The van der Waals surface area contributed by atoms with Crippen LogP contribution in [0.1, 0.15) is 45.6 Å². The molecular weight excluding hydrogens is 358 g/mol. The fourth-order valence-corrected chi connectivity index (χ4v) is 3.90. The normalized spacial score (nSPS) is 20.9. The van der Waals surface area contributed by atoms with Crippen molar-refractivity contribution in [3.63, 3.8) is 0 Å². The summed E-state index contributed by atoms with van der Waals surface area (Å²) >= 11 is 0. The van der Waals surface area contributed by atoms with E-state index in [1.807, 2.05) is 36.9 Å². The van der Waals surface area contributed by atoms with Crippen LogP contribution in [0.25, 0.3) is 0 Å². The number of hydrogen-bond donors (Lipinski definition) is 2. The van der Waals surface area contributed by atoms with Crippen LogP contribution in [0.15, 0.2) is 18.2 Å². The molecule has 0 radical (unpaired) electrons. The average Bonchev–Trinajstić information content (AvgIpc) is 3.14. The minimum absolute atomic E-state index is 0.000778. The maximum atomic E-state index is 12.5. The monoisotopic (exact) mass is 389 g/mol. The van der Waals surface area contributed by atoms with Crippen LogP contribution in [0.3, 0.4) is 0 Å². The largest absolute Gasteiger partial charge is 0.454 e. The maximum absolute atomic E-state index is 12.5. The Morgan fingerprint density at radius 3 is 2.75 bits per heavy atom. The summed E-state index contributed by atoms with van der Waals surface area (Å²) in [5.74, 6) is 2.19. The van der Waals surface area contributed by atoms with Crippen molar-refractivity contribution in [1.29, 1.82) is 0 Å². The van der Waals surface area contributed by atoms with Gasteiger partial charge in [0.1, 0.15) is 0 Å². The molecule has 1 fully saturated rings. The third-order valence-electron chi connectivity index (χ3n) is 5.49. The summed E-state index contributed by atoms with van der Waals surface area (Å²) in [6.45, 7) is 8.20. The van der Waals surface area contributed by atoms with Gasteiger partial charge in [-0.15, -0.1) is 0 Å². The molecule has 1 saturated heterocycles. The van der Waals surface area contributed by atoms with Crippen LogP contribution in [0, 0.1) is 11.8 Å². The summed E-state index contributed by atoms with van der Waals surface area (Å²) in [6, 6.07) is 5.85. The molecule has 154 valence electrons. The summed E-state index contributed by atoms with van der Waals surface area (Å²) in [7, 11) is 0. The molecule has 3 rings (SSSR count). The molecule has 7 heteroatoms. The molecule has 0 bridgehead atoms. The fourth-order valence-electron chi connectivity index (χ4n) is 3.90. The molecule has 0 saturated carbocycles. The quantitative estimate of drug-likeness (QED) is 0.784. The van der Waals surface area contributed by atoms with Gasteiger partial charge in [0.2, 0.25) is 12.7 Å². The zero-order valence-electron chi connectivity index (χ0n) is 17.0. The van der Waals surface area contributed by atoms with Crippen molar-refractivity contribution in [1.82, 2.24) is 15.5 Å². The smallest absolute Gasteiger partial charge is 0.317 e. The summed E-state index contributed by atoms with van der Waals surface area (Å²) in [5, 5.41) is 5.97. The number of carbonyl (C=O) groups excluding carboxylic acids is 2. The summed E-state index contributed by atoms with van der Waals surface area (Å²) in [6.07, 6.45) is 2.33. The third kappa shape index (κ3) is 5.09. The predicted molar refractivity (Wildman–Crippen MR) is 106 cm³/mol. The molecule has 3 amide bonds. The second-order valence-corrected chi connectivity index (χ2v) is 7.94. The van der Waals surface area contributed by atoms with E-state index < -0.39 is 0 Å². The van der Waals surface area contributed by atoms with Gasteiger partial charge in [0.25, 0.3) is 0 Å². The van der Waals surface area contributed by atoms with Gasteiger partial charge in [-0.2, -0.15) is 0 Å². The SMILES string of the molecule is CC[C@H]1CN(C(=O)NC(C)C)CC[C@H]1CC(=O)NCc1ccc2c(c1)OCO2. The molecule has 1 aromatic carbocycles. The van der Waals surface area contributed by atoms with E-state index in [9.17, 15) is 9.59 Å². The summed E-state index contributed by atoms with van der Waals surface area (Å²) < 4.78 is 10.7. The number of hydrogen-bond acceptors (Lipinski definition) is 4. The number of benzene rings is 1. The van der Waals surface area contributed by atoms with E-state index in [1.54, 1.807) is 0 Å². The minimum Gasteiger partial charge on any atom is -0.454 e. The highest BCUT2D eigenvalue weighted by molar-refractivity contribution is 5.76. The number of nitrogens with zero attached hydrogens (tertiary/aromatic N) is 1. The molecule has 2 atom stereocenters. The van der Waals surface area contributed by atoms with Crippen molar-refractivity contribution in [3.05, 3.63) is 23.8 Å². The van der Waals surface area contributed by atoms with Crippen LogP contribution in [-0.2, 0) is 11.3 Å². The van der Waals surface area contributed by atoms with E-state index in [2.05, 4.69) is 17.6 Å². The Bertz CT molecular complexity index is 707. The highest BCUT2D eigenvalue weighted by Crippen LogP contribution is 2.32. The van der Waals surface area contributed by atoms with Crippen LogP contribution in [-0.4, -0.2) is 42.8 Å². The average molecular weight is 389 g/mol. The van der Waals surface area contributed by atoms with Crippen molar-refractivity contribution in [2.75, 3.05) is 19.9 Å². The second kappa shape index (κ2) is 9.17. The molecule has 0 aliphatic carbocycles. The van der Waals surface area contributed by atoms with E-state index in [-0.39, 0.29) is 24.8 Å². The number of amides is 3. The molecule has 0 spiro atoms.